The van der Waals surface area contributed by atoms with E-state index in [1.807, 2.05) is 30.3 Å². The number of nitrogens with zero attached hydrogens (tertiary/aromatic N) is 4. The van der Waals surface area contributed by atoms with Gasteiger partial charge < -0.3 is 19.8 Å². The molecule has 3 atom stereocenters. The lowest BCUT2D eigenvalue weighted by Gasteiger charge is -2.37. The quantitative estimate of drug-likeness (QED) is 0.469. The van der Waals surface area contributed by atoms with Gasteiger partial charge >= 0.3 is 5.97 Å². The fraction of sp³-hybridized carbons (Fsp3) is 0.462. The van der Waals surface area contributed by atoms with Crippen LogP contribution in [0, 0.1) is 11.8 Å². The van der Waals surface area contributed by atoms with Crippen LogP contribution >= 0.6 is 0 Å². The van der Waals surface area contributed by atoms with Crippen LogP contribution in [0.2, 0.25) is 0 Å². The van der Waals surface area contributed by atoms with E-state index in [4.69, 9.17) is 4.74 Å². The van der Waals surface area contributed by atoms with Gasteiger partial charge in [0.1, 0.15) is 12.1 Å². The predicted octanol–water partition coefficient (Wildman–Crippen LogP) is 3.50. The number of likely N-dealkylation sites (tertiary alicyclic amines) is 1. The number of hydrogen-bond acceptors (Lipinski definition) is 7. The molecule has 0 bridgehead atoms. The van der Waals surface area contributed by atoms with Crippen molar-refractivity contribution in [3.63, 3.8) is 0 Å². The Bertz CT molecular complexity index is 1090. The number of carbonyl (C=O) groups is 1. The van der Waals surface area contributed by atoms with E-state index in [9.17, 15) is 15.0 Å². The number of ether oxygens (including phenoxy) is 1. The van der Waals surface area contributed by atoms with E-state index in [2.05, 4.69) is 19.9 Å². The number of aliphatic hydroxyl groups excluding tert-OH is 1. The Morgan fingerprint density at radius 2 is 2.12 bits per heavy atom. The molecule has 2 aromatic heterocycles. The second kappa shape index (κ2) is 11.4. The van der Waals surface area contributed by atoms with Crippen molar-refractivity contribution < 1.29 is 19.7 Å². The molecular weight excluding hydrogens is 432 g/mol. The summed E-state index contributed by atoms with van der Waals surface area (Å²) in [5.74, 6) is -0.409. The molecule has 0 amide bonds. The van der Waals surface area contributed by atoms with Gasteiger partial charge in [0.2, 0.25) is 0 Å². The number of fused-ring (bicyclic) bond motifs is 1. The first-order valence-electron chi connectivity index (χ1n) is 11.9. The molecule has 4 rings (SSSR count). The highest BCUT2D eigenvalue weighted by atomic mass is 16.5. The zero-order valence-electron chi connectivity index (χ0n) is 19.5. The van der Waals surface area contributed by atoms with E-state index in [1.54, 1.807) is 25.8 Å². The Labute approximate surface area is 199 Å². The standard InChI is InChI=1S/C26H32N4O4/c1-34-20-5-6-24-22(15-20)21(9-12-28-24)25(31)7-4-18-10-14-30(16-23(18)26(32)33)13-2-3-19-8-11-27-17-29-19/h5-6,8-9,11-12,15,17-18,23,25,31H,2-4,7,10,13-14,16H2,1H3,(H,32,33)/t18-,23+,25?/m1/s1. The number of aliphatic carboxylic acids is 1. The van der Waals surface area contributed by atoms with Crippen molar-refractivity contribution in [1.29, 1.82) is 0 Å². The highest BCUT2D eigenvalue weighted by Crippen LogP contribution is 2.33. The summed E-state index contributed by atoms with van der Waals surface area (Å²) in [6, 6.07) is 9.37. The maximum Gasteiger partial charge on any atom is 0.308 e. The Kier molecular flexibility index (Phi) is 8.03. The molecule has 1 saturated heterocycles. The molecule has 8 heteroatoms. The van der Waals surface area contributed by atoms with Gasteiger partial charge in [0, 0.05) is 30.0 Å². The summed E-state index contributed by atoms with van der Waals surface area (Å²) in [6.45, 7) is 2.28. The molecule has 1 fully saturated rings. The number of methoxy groups -OCH3 is 1. The normalized spacial score (nSPS) is 19.7. The highest BCUT2D eigenvalue weighted by molar-refractivity contribution is 5.83. The molecular formula is C26H32N4O4. The summed E-state index contributed by atoms with van der Waals surface area (Å²) in [4.78, 5) is 26.9. The summed E-state index contributed by atoms with van der Waals surface area (Å²) < 4.78 is 5.33. The number of hydrogen-bond donors (Lipinski definition) is 2. The van der Waals surface area contributed by atoms with Gasteiger partial charge in [-0.2, -0.15) is 0 Å². The largest absolute Gasteiger partial charge is 0.497 e. The second-order valence-corrected chi connectivity index (χ2v) is 8.97. The SMILES string of the molecule is COc1ccc2nccc(C(O)CC[C@@H]3CCN(CCCc4ccncn4)C[C@@H]3C(=O)O)c2c1. The third-order valence-electron chi connectivity index (χ3n) is 6.86. The highest BCUT2D eigenvalue weighted by Gasteiger charge is 2.34. The maximum absolute atomic E-state index is 12.0. The predicted molar refractivity (Wildman–Crippen MR) is 129 cm³/mol. The molecule has 1 unspecified atom stereocenters. The maximum atomic E-state index is 12.0. The molecule has 34 heavy (non-hydrogen) atoms. The molecule has 1 aliphatic rings. The van der Waals surface area contributed by atoms with Gasteiger partial charge in [-0.05, 0) is 87.0 Å². The third kappa shape index (κ3) is 5.87. The van der Waals surface area contributed by atoms with Crippen molar-refractivity contribution in [2.45, 2.75) is 38.2 Å². The first-order chi connectivity index (χ1) is 16.5. The number of aryl methyl sites for hydroxylation is 1. The summed E-state index contributed by atoms with van der Waals surface area (Å²) in [5, 5.41) is 21.7. The molecule has 3 aromatic rings. The first-order valence-corrected chi connectivity index (χ1v) is 11.9. The summed E-state index contributed by atoms with van der Waals surface area (Å²) >= 11 is 0. The van der Waals surface area contributed by atoms with Gasteiger partial charge in [-0.15, -0.1) is 0 Å². The number of aliphatic hydroxyl groups is 1. The smallest absolute Gasteiger partial charge is 0.308 e. The Hall–Kier alpha value is -3.10. The zero-order valence-corrected chi connectivity index (χ0v) is 19.5. The van der Waals surface area contributed by atoms with Crippen LogP contribution in [0.15, 0.2) is 49.1 Å². The average molecular weight is 465 g/mol. The number of rotatable bonds is 10. The molecule has 0 radical (unpaired) electrons. The van der Waals surface area contributed by atoms with Crippen molar-refractivity contribution in [2.24, 2.45) is 11.8 Å². The molecule has 1 aliphatic heterocycles. The van der Waals surface area contributed by atoms with Crippen LogP contribution in [0.25, 0.3) is 10.9 Å². The van der Waals surface area contributed by atoms with Crippen molar-refractivity contribution in [3.05, 3.63) is 60.3 Å². The number of aromatic nitrogens is 3. The van der Waals surface area contributed by atoms with Gasteiger partial charge in [0.25, 0.3) is 0 Å². The van der Waals surface area contributed by atoms with Crippen molar-refractivity contribution in [1.82, 2.24) is 19.9 Å². The minimum atomic E-state index is -0.751. The minimum Gasteiger partial charge on any atom is -0.497 e. The van der Waals surface area contributed by atoms with E-state index in [-0.39, 0.29) is 5.92 Å². The van der Waals surface area contributed by atoms with E-state index in [1.165, 1.54) is 0 Å². The van der Waals surface area contributed by atoms with E-state index in [0.29, 0.717) is 25.1 Å². The van der Waals surface area contributed by atoms with Gasteiger partial charge in [-0.3, -0.25) is 9.78 Å². The molecule has 3 heterocycles. The molecule has 180 valence electrons. The monoisotopic (exact) mass is 464 g/mol. The van der Waals surface area contributed by atoms with Gasteiger partial charge in [0.05, 0.1) is 24.6 Å². The summed E-state index contributed by atoms with van der Waals surface area (Å²) in [7, 11) is 1.61. The second-order valence-electron chi connectivity index (χ2n) is 8.97. The molecule has 0 saturated carbocycles. The van der Waals surface area contributed by atoms with Gasteiger partial charge in [-0.25, -0.2) is 9.97 Å². The molecule has 2 N–H and O–H groups in total. The Morgan fingerprint density at radius 3 is 2.88 bits per heavy atom. The Balaban J connectivity index is 1.34. The lowest BCUT2D eigenvalue weighted by Crippen LogP contribution is -2.44. The lowest BCUT2D eigenvalue weighted by molar-refractivity contribution is -0.146. The number of piperidine rings is 1. The first kappa shape index (κ1) is 24.0. The van der Waals surface area contributed by atoms with E-state index < -0.39 is 18.0 Å². The number of pyridine rings is 1. The average Bonchev–Trinajstić information content (AvgIpc) is 2.87. The third-order valence-corrected chi connectivity index (χ3v) is 6.86. The van der Waals surface area contributed by atoms with Crippen LogP contribution < -0.4 is 4.74 Å². The number of carboxylic acid groups (broad SMARTS) is 1. The van der Waals surface area contributed by atoms with Gasteiger partial charge in [0.15, 0.2) is 0 Å². The summed E-state index contributed by atoms with van der Waals surface area (Å²) in [6.07, 6.45) is 8.12. The number of carboxylic acids is 1. The van der Waals surface area contributed by atoms with Crippen LogP contribution in [-0.4, -0.2) is 62.8 Å². The van der Waals surface area contributed by atoms with Crippen LogP contribution in [-0.2, 0) is 11.2 Å². The fourth-order valence-electron chi connectivity index (χ4n) is 4.94. The van der Waals surface area contributed by atoms with Crippen LogP contribution in [0.1, 0.15) is 43.0 Å². The van der Waals surface area contributed by atoms with Crippen LogP contribution in [0.3, 0.4) is 0 Å². The van der Waals surface area contributed by atoms with Gasteiger partial charge in [-0.1, -0.05) is 0 Å². The van der Waals surface area contributed by atoms with E-state index >= 15 is 0 Å². The number of benzene rings is 1. The fourth-order valence-corrected chi connectivity index (χ4v) is 4.94. The van der Waals surface area contributed by atoms with Crippen molar-refractivity contribution >= 4 is 16.9 Å². The summed E-state index contributed by atoms with van der Waals surface area (Å²) in [5.41, 5.74) is 2.61. The molecule has 1 aromatic carbocycles. The van der Waals surface area contributed by atoms with Crippen molar-refractivity contribution in [3.8, 4) is 5.75 Å². The van der Waals surface area contributed by atoms with Crippen LogP contribution in [0.4, 0.5) is 0 Å². The zero-order chi connectivity index (χ0) is 23.9. The van der Waals surface area contributed by atoms with Crippen LogP contribution in [0.5, 0.6) is 5.75 Å². The van der Waals surface area contributed by atoms with E-state index in [0.717, 1.165) is 54.5 Å². The molecule has 0 aliphatic carbocycles. The minimum absolute atomic E-state index is 0.0490. The Morgan fingerprint density at radius 1 is 1.24 bits per heavy atom. The van der Waals surface area contributed by atoms with Crippen molar-refractivity contribution in [2.75, 3.05) is 26.7 Å². The molecule has 0 spiro atoms. The topological polar surface area (TPSA) is 109 Å². The lowest BCUT2D eigenvalue weighted by atomic mass is 9.81. The molecule has 8 nitrogen and oxygen atoms in total.